The molecule has 0 spiro atoms. The summed E-state index contributed by atoms with van der Waals surface area (Å²) < 4.78 is 13.3. The fraction of sp³-hybridized carbons (Fsp3) is 0.273. The molecule has 1 fully saturated rings. The number of hydrogen-bond donors (Lipinski definition) is 2. The van der Waals surface area contributed by atoms with E-state index < -0.39 is 11.7 Å². The monoisotopic (exact) mass is 439 g/mol. The minimum atomic E-state index is -0.459. The molecule has 1 atom stereocenters. The minimum absolute atomic E-state index is 0.168. The number of rotatable bonds is 5. The Morgan fingerprint density at radius 1 is 1.13 bits per heavy atom. The molecule has 2 aromatic carbocycles. The van der Waals surface area contributed by atoms with Gasteiger partial charge in [-0.1, -0.05) is 36.5 Å². The molecule has 7 nitrogen and oxygen atoms in total. The number of aryl methyl sites for hydroxylation is 1. The fourth-order valence-electron chi connectivity index (χ4n) is 3.50. The van der Waals surface area contributed by atoms with Crippen LogP contribution < -0.4 is 10.6 Å². The Labute approximate surface area is 183 Å². The first-order valence-corrected chi connectivity index (χ1v) is 10.9. The Balaban J connectivity index is 1.43. The van der Waals surface area contributed by atoms with Gasteiger partial charge in [-0.15, -0.1) is 10.2 Å². The topological polar surface area (TPSA) is 87.2 Å². The van der Waals surface area contributed by atoms with Crippen molar-refractivity contribution in [1.82, 2.24) is 15.1 Å². The van der Waals surface area contributed by atoms with Gasteiger partial charge in [-0.3, -0.25) is 4.79 Å². The number of benzene rings is 2. The zero-order chi connectivity index (χ0) is 21.8. The largest absolute Gasteiger partial charge is 0.322 e. The molecule has 31 heavy (non-hydrogen) atoms. The van der Waals surface area contributed by atoms with E-state index in [2.05, 4.69) is 27.8 Å². The predicted octanol–water partition coefficient (Wildman–Crippen LogP) is 4.86. The molecule has 160 valence electrons. The number of carbonyl (C=O) groups is 2. The molecular formula is C22H22FN5O2S. The first-order chi connectivity index (χ1) is 15.0. The number of hydrogen-bond acceptors (Lipinski definition) is 5. The van der Waals surface area contributed by atoms with E-state index in [1.165, 1.54) is 23.8 Å². The van der Waals surface area contributed by atoms with Crippen LogP contribution in [0.1, 0.15) is 46.2 Å². The van der Waals surface area contributed by atoms with Crippen LogP contribution in [0, 0.1) is 5.82 Å². The lowest BCUT2D eigenvalue weighted by atomic mass is 10.1. The second-order valence-electron chi connectivity index (χ2n) is 7.24. The zero-order valence-corrected chi connectivity index (χ0v) is 17.8. The second kappa shape index (κ2) is 9.22. The number of carbonyl (C=O) groups excluding carboxylic acids is 2. The smallest absolute Gasteiger partial charge is 0.320 e. The molecule has 3 amide bonds. The summed E-state index contributed by atoms with van der Waals surface area (Å²) in [6, 6.07) is 13.0. The number of nitrogens with one attached hydrogen (secondary N) is 2. The number of anilines is 2. The molecule has 9 heteroatoms. The first kappa shape index (κ1) is 20.9. The molecule has 0 aliphatic carbocycles. The Bertz CT molecular complexity index is 1090. The van der Waals surface area contributed by atoms with E-state index in [4.69, 9.17) is 0 Å². The number of likely N-dealkylation sites (tertiary alicyclic amines) is 1. The Morgan fingerprint density at radius 3 is 2.68 bits per heavy atom. The highest BCUT2D eigenvalue weighted by Crippen LogP contribution is 2.34. The molecule has 0 saturated carbocycles. The van der Waals surface area contributed by atoms with Crippen LogP contribution in [0.4, 0.5) is 20.6 Å². The van der Waals surface area contributed by atoms with E-state index in [-0.39, 0.29) is 17.1 Å². The van der Waals surface area contributed by atoms with Crippen molar-refractivity contribution in [3.63, 3.8) is 0 Å². The maximum atomic E-state index is 13.3. The van der Waals surface area contributed by atoms with E-state index in [1.54, 1.807) is 11.0 Å². The van der Waals surface area contributed by atoms with Crippen molar-refractivity contribution in [3.05, 3.63) is 69.9 Å². The summed E-state index contributed by atoms with van der Waals surface area (Å²) in [6.07, 6.45) is 2.54. The van der Waals surface area contributed by atoms with Crippen LogP contribution in [0.3, 0.4) is 0 Å². The van der Waals surface area contributed by atoms with Gasteiger partial charge in [-0.05, 0) is 55.2 Å². The maximum absolute atomic E-state index is 13.3. The number of urea groups is 1. The third-order valence-corrected chi connectivity index (χ3v) is 6.15. The summed E-state index contributed by atoms with van der Waals surface area (Å²) in [5, 5.41) is 14.5. The maximum Gasteiger partial charge on any atom is 0.322 e. The zero-order valence-electron chi connectivity index (χ0n) is 17.0. The molecule has 1 aliphatic heterocycles. The number of amides is 3. The van der Waals surface area contributed by atoms with Crippen LogP contribution in [0.5, 0.6) is 0 Å². The van der Waals surface area contributed by atoms with Gasteiger partial charge in [0.1, 0.15) is 10.8 Å². The van der Waals surface area contributed by atoms with Crippen LogP contribution in [-0.2, 0) is 6.42 Å². The highest BCUT2D eigenvalue weighted by molar-refractivity contribution is 7.13. The van der Waals surface area contributed by atoms with Gasteiger partial charge >= 0.3 is 6.03 Å². The molecule has 2 N–H and O–H groups in total. The number of halogens is 1. The summed E-state index contributed by atoms with van der Waals surface area (Å²) in [6.45, 7) is 2.69. The number of nitrogens with zero attached hydrogens (tertiary/aromatic N) is 3. The minimum Gasteiger partial charge on any atom is -0.320 e. The van der Waals surface area contributed by atoms with Crippen molar-refractivity contribution in [2.24, 2.45) is 0 Å². The molecule has 0 unspecified atom stereocenters. The Hall–Kier alpha value is -3.33. The van der Waals surface area contributed by atoms with E-state index in [0.717, 1.165) is 36.3 Å². The van der Waals surface area contributed by atoms with Crippen molar-refractivity contribution < 1.29 is 14.0 Å². The van der Waals surface area contributed by atoms with Crippen molar-refractivity contribution in [3.8, 4) is 0 Å². The van der Waals surface area contributed by atoms with Gasteiger partial charge in [-0.2, -0.15) is 0 Å². The van der Waals surface area contributed by atoms with Crippen molar-refractivity contribution >= 4 is 34.6 Å². The van der Waals surface area contributed by atoms with Crippen LogP contribution in [0.25, 0.3) is 0 Å². The molecule has 4 rings (SSSR count). The van der Waals surface area contributed by atoms with Gasteiger partial charge in [0, 0.05) is 17.9 Å². The van der Waals surface area contributed by atoms with E-state index >= 15 is 0 Å². The van der Waals surface area contributed by atoms with Gasteiger partial charge in [0.2, 0.25) is 5.01 Å². The highest BCUT2D eigenvalue weighted by Gasteiger charge is 2.33. The molecule has 0 radical (unpaired) electrons. The molecule has 3 aromatic rings. The summed E-state index contributed by atoms with van der Waals surface area (Å²) in [7, 11) is 0. The van der Waals surface area contributed by atoms with Gasteiger partial charge in [0.25, 0.3) is 5.91 Å². The van der Waals surface area contributed by atoms with Crippen molar-refractivity contribution in [1.29, 1.82) is 0 Å². The standard InChI is InChI=1S/C22H22FN5O2S/c1-2-14-8-10-16(11-9-14)25-22(30)28-12-4-7-18(28)20-26-27-21(31-20)19(29)24-17-6-3-5-15(23)13-17/h3,5-6,8-11,13,18H,2,4,7,12H2,1H3,(H,24,29)(H,25,30)/t18-/m0/s1. The normalized spacial score (nSPS) is 15.7. The summed E-state index contributed by atoms with van der Waals surface area (Å²) in [4.78, 5) is 27.0. The molecule has 1 saturated heterocycles. The quantitative estimate of drug-likeness (QED) is 0.594. The lowest BCUT2D eigenvalue weighted by molar-refractivity contribution is 0.102. The molecule has 0 bridgehead atoms. The molecule has 1 aromatic heterocycles. The summed E-state index contributed by atoms with van der Waals surface area (Å²) >= 11 is 1.14. The predicted molar refractivity (Wildman–Crippen MR) is 118 cm³/mol. The van der Waals surface area contributed by atoms with Gasteiger partial charge < -0.3 is 15.5 Å². The SMILES string of the molecule is CCc1ccc(NC(=O)N2CCC[C@H]2c2nnc(C(=O)Nc3cccc(F)c3)s2)cc1. The number of aromatic nitrogens is 2. The van der Waals surface area contributed by atoms with Crippen LogP contribution in [0.15, 0.2) is 48.5 Å². The van der Waals surface area contributed by atoms with Gasteiger partial charge in [0.15, 0.2) is 0 Å². The average molecular weight is 440 g/mol. The highest BCUT2D eigenvalue weighted by atomic mass is 32.1. The van der Waals surface area contributed by atoms with Crippen molar-refractivity contribution in [2.45, 2.75) is 32.2 Å². The molecular weight excluding hydrogens is 417 g/mol. The van der Waals surface area contributed by atoms with Crippen LogP contribution in [0.2, 0.25) is 0 Å². The second-order valence-corrected chi connectivity index (χ2v) is 8.25. The van der Waals surface area contributed by atoms with Crippen molar-refractivity contribution in [2.75, 3.05) is 17.2 Å². The van der Waals surface area contributed by atoms with E-state index in [9.17, 15) is 14.0 Å². The third-order valence-electron chi connectivity index (χ3n) is 5.13. The molecule has 2 heterocycles. The van der Waals surface area contributed by atoms with E-state index in [1.807, 2.05) is 24.3 Å². The third kappa shape index (κ3) is 4.88. The first-order valence-electron chi connectivity index (χ1n) is 10.1. The lowest BCUT2D eigenvalue weighted by Gasteiger charge is -2.23. The molecule has 1 aliphatic rings. The Morgan fingerprint density at radius 2 is 1.94 bits per heavy atom. The van der Waals surface area contributed by atoms with Crippen LogP contribution in [-0.4, -0.2) is 33.6 Å². The van der Waals surface area contributed by atoms with Crippen LogP contribution >= 0.6 is 11.3 Å². The van der Waals surface area contributed by atoms with Gasteiger partial charge in [-0.25, -0.2) is 9.18 Å². The summed E-state index contributed by atoms with van der Waals surface area (Å²) in [5.74, 6) is -0.896. The summed E-state index contributed by atoms with van der Waals surface area (Å²) in [5.41, 5.74) is 2.29. The Kier molecular flexibility index (Phi) is 6.22. The fourth-order valence-corrected chi connectivity index (χ4v) is 4.38. The van der Waals surface area contributed by atoms with Gasteiger partial charge in [0.05, 0.1) is 6.04 Å². The van der Waals surface area contributed by atoms with E-state index in [0.29, 0.717) is 17.2 Å². The lowest BCUT2D eigenvalue weighted by Crippen LogP contribution is -2.34. The average Bonchev–Trinajstić information content (AvgIpc) is 3.44.